The molecule has 0 aliphatic carbocycles. The average molecular weight is 169 g/mol. The molecule has 3 heteroatoms. The van der Waals surface area contributed by atoms with Gasteiger partial charge in [0, 0.05) is 6.54 Å². The molecule has 1 aliphatic heterocycles. The summed E-state index contributed by atoms with van der Waals surface area (Å²) >= 11 is 0. The zero-order valence-electron chi connectivity index (χ0n) is 7.34. The van der Waals surface area contributed by atoms with Crippen molar-refractivity contribution in [3.8, 4) is 0 Å². The van der Waals surface area contributed by atoms with Crippen molar-refractivity contribution in [1.82, 2.24) is 5.32 Å². The van der Waals surface area contributed by atoms with Gasteiger partial charge < -0.3 is 10.4 Å². The number of rotatable bonds is 3. The van der Waals surface area contributed by atoms with Crippen molar-refractivity contribution in [3.63, 3.8) is 0 Å². The van der Waals surface area contributed by atoms with Crippen molar-refractivity contribution in [2.75, 3.05) is 6.54 Å². The molecule has 0 aromatic carbocycles. The highest BCUT2D eigenvalue weighted by atomic mass is 16.4. The molecule has 68 valence electrons. The molecule has 12 heavy (non-hydrogen) atoms. The van der Waals surface area contributed by atoms with Gasteiger partial charge in [-0.3, -0.25) is 4.79 Å². The minimum atomic E-state index is -0.739. The Bertz CT molecular complexity index is 199. The Kier molecular flexibility index (Phi) is 3.29. The Balaban J connectivity index is 2.47. The summed E-state index contributed by atoms with van der Waals surface area (Å²) in [5.74, 6) is -0.739. The van der Waals surface area contributed by atoms with Crippen LogP contribution in [0.5, 0.6) is 0 Å². The predicted octanol–water partition coefficient (Wildman–Crippen LogP) is 1.16. The number of carboxylic acids is 1. The van der Waals surface area contributed by atoms with Gasteiger partial charge in [-0.05, 0) is 12.8 Å². The van der Waals surface area contributed by atoms with E-state index >= 15 is 0 Å². The number of nitrogens with one attached hydrogen (secondary N) is 1. The Morgan fingerprint density at radius 1 is 1.83 bits per heavy atom. The van der Waals surface area contributed by atoms with E-state index in [1.165, 1.54) is 5.57 Å². The summed E-state index contributed by atoms with van der Waals surface area (Å²) in [6.07, 6.45) is 4.90. The predicted molar refractivity (Wildman–Crippen MR) is 47.0 cm³/mol. The third-order valence-corrected chi connectivity index (χ3v) is 2.09. The van der Waals surface area contributed by atoms with Crippen LogP contribution in [-0.4, -0.2) is 23.7 Å². The molecule has 1 unspecified atom stereocenters. The zero-order valence-corrected chi connectivity index (χ0v) is 7.34. The van der Waals surface area contributed by atoms with Crippen LogP contribution in [0.2, 0.25) is 0 Å². The summed E-state index contributed by atoms with van der Waals surface area (Å²) in [7, 11) is 0. The number of hydrogen-bond donors (Lipinski definition) is 2. The summed E-state index contributed by atoms with van der Waals surface area (Å²) in [4.78, 5) is 10.6. The Morgan fingerprint density at radius 2 is 2.58 bits per heavy atom. The second-order valence-electron chi connectivity index (χ2n) is 3.12. The van der Waals surface area contributed by atoms with E-state index in [0.29, 0.717) is 13.0 Å². The lowest BCUT2D eigenvalue weighted by molar-refractivity contribution is -0.139. The van der Waals surface area contributed by atoms with Crippen molar-refractivity contribution < 1.29 is 9.90 Å². The average Bonchev–Trinajstić information content (AvgIpc) is 2.05. The maximum atomic E-state index is 10.6. The number of aliphatic carboxylic acids is 1. The van der Waals surface area contributed by atoms with E-state index in [-0.39, 0.29) is 6.04 Å². The van der Waals surface area contributed by atoms with Crippen LogP contribution < -0.4 is 5.32 Å². The van der Waals surface area contributed by atoms with Gasteiger partial charge >= 0.3 is 5.97 Å². The summed E-state index contributed by atoms with van der Waals surface area (Å²) in [5.41, 5.74) is 1.28. The van der Waals surface area contributed by atoms with Gasteiger partial charge in [-0.1, -0.05) is 25.0 Å². The minimum absolute atomic E-state index is 0.364. The third-order valence-electron chi connectivity index (χ3n) is 2.09. The Labute approximate surface area is 72.5 Å². The van der Waals surface area contributed by atoms with Crippen LogP contribution in [0.25, 0.3) is 0 Å². The molecule has 1 heterocycles. The summed E-state index contributed by atoms with van der Waals surface area (Å²) in [6, 6.07) is -0.364. The van der Waals surface area contributed by atoms with Crippen LogP contribution in [0.1, 0.15) is 26.2 Å². The van der Waals surface area contributed by atoms with Gasteiger partial charge in [0.2, 0.25) is 0 Å². The molecular formula is C9H15NO2. The molecule has 0 saturated heterocycles. The molecule has 0 aromatic rings. The second-order valence-corrected chi connectivity index (χ2v) is 3.12. The maximum Gasteiger partial charge on any atom is 0.321 e. The zero-order chi connectivity index (χ0) is 8.97. The van der Waals surface area contributed by atoms with Crippen molar-refractivity contribution >= 4 is 5.97 Å². The van der Waals surface area contributed by atoms with E-state index in [4.69, 9.17) is 5.11 Å². The molecule has 0 saturated carbocycles. The lowest BCUT2D eigenvalue weighted by atomic mass is 9.98. The number of carbonyl (C=O) groups is 1. The van der Waals surface area contributed by atoms with E-state index in [1.54, 1.807) is 0 Å². The maximum absolute atomic E-state index is 10.6. The molecule has 2 N–H and O–H groups in total. The normalized spacial score (nSPS) is 23.4. The number of carboxylic acid groups (broad SMARTS) is 1. The molecule has 0 radical (unpaired) electrons. The van der Waals surface area contributed by atoms with E-state index in [9.17, 15) is 4.79 Å². The lowest BCUT2D eigenvalue weighted by Crippen LogP contribution is -2.39. The monoisotopic (exact) mass is 169 g/mol. The fourth-order valence-corrected chi connectivity index (χ4v) is 1.46. The fraction of sp³-hybridized carbons (Fsp3) is 0.667. The van der Waals surface area contributed by atoms with E-state index < -0.39 is 5.97 Å². The van der Waals surface area contributed by atoms with Gasteiger partial charge in [-0.2, -0.15) is 0 Å². The fourth-order valence-electron chi connectivity index (χ4n) is 1.46. The molecule has 0 bridgehead atoms. The van der Waals surface area contributed by atoms with E-state index in [2.05, 4.69) is 18.3 Å². The summed E-state index contributed by atoms with van der Waals surface area (Å²) in [6.45, 7) is 2.81. The molecule has 0 aromatic heterocycles. The number of hydrogen-bond acceptors (Lipinski definition) is 2. The molecule has 0 amide bonds. The van der Waals surface area contributed by atoms with Crippen LogP contribution in [0.3, 0.4) is 0 Å². The molecule has 1 atom stereocenters. The van der Waals surface area contributed by atoms with Gasteiger partial charge in [0.25, 0.3) is 0 Å². The largest absolute Gasteiger partial charge is 0.480 e. The quantitative estimate of drug-likeness (QED) is 0.623. The first-order valence-corrected chi connectivity index (χ1v) is 4.38. The van der Waals surface area contributed by atoms with Crippen molar-refractivity contribution in [1.29, 1.82) is 0 Å². The van der Waals surface area contributed by atoms with Gasteiger partial charge in [0.1, 0.15) is 6.04 Å². The summed E-state index contributed by atoms with van der Waals surface area (Å²) < 4.78 is 0. The van der Waals surface area contributed by atoms with Crippen LogP contribution in [0.4, 0.5) is 0 Å². The van der Waals surface area contributed by atoms with Crippen molar-refractivity contribution in [3.05, 3.63) is 11.6 Å². The topological polar surface area (TPSA) is 49.3 Å². The Hall–Kier alpha value is -0.830. The van der Waals surface area contributed by atoms with Crippen LogP contribution in [0, 0.1) is 0 Å². The highest BCUT2D eigenvalue weighted by Crippen LogP contribution is 2.15. The molecule has 1 aliphatic rings. The molecule has 0 fully saturated rings. The third kappa shape index (κ3) is 2.34. The SMILES string of the molecule is CCCC1=CCNC(C(=O)O)C1. The van der Waals surface area contributed by atoms with Crippen LogP contribution >= 0.6 is 0 Å². The van der Waals surface area contributed by atoms with Crippen LogP contribution in [0.15, 0.2) is 11.6 Å². The summed E-state index contributed by atoms with van der Waals surface area (Å²) in [5, 5.41) is 11.7. The highest BCUT2D eigenvalue weighted by Gasteiger charge is 2.20. The first kappa shape index (κ1) is 9.26. The van der Waals surface area contributed by atoms with E-state index in [0.717, 1.165) is 12.8 Å². The second kappa shape index (κ2) is 4.26. The molecular weight excluding hydrogens is 154 g/mol. The van der Waals surface area contributed by atoms with Crippen molar-refractivity contribution in [2.45, 2.75) is 32.2 Å². The molecule has 1 rings (SSSR count). The minimum Gasteiger partial charge on any atom is -0.480 e. The first-order valence-electron chi connectivity index (χ1n) is 4.38. The molecule has 0 spiro atoms. The van der Waals surface area contributed by atoms with Crippen LogP contribution in [-0.2, 0) is 4.79 Å². The standard InChI is InChI=1S/C9H15NO2/c1-2-3-7-4-5-10-8(6-7)9(11)12/h4,8,10H,2-3,5-6H2,1H3,(H,11,12). The van der Waals surface area contributed by atoms with E-state index in [1.807, 2.05) is 0 Å². The smallest absolute Gasteiger partial charge is 0.321 e. The first-order chi connectivity index (χ1) is 5.74. The highest BCUT2D eigenvalue weighted by molar-refractivity contribution is 5.74. The van der Waals surface area contributed by atoms with Crippen molar-refractivity contribution in [2.24, 2.45) is 0 Å². The Morgan fingerprint density at radius 3 is 3.17 bits per heavy atom. The molecule has 3 nitrogen and oxygen atoms in total. The van der Waals surface area contributed by atoms with Gasteiger partial charge in [-0.25, -0.2) is 0 Å². The lowest BCUT2D eigenvalue weighted by Gasteiger charge is -2.20. The van der Waals surface area contributed by atoms with Gasteiger partial charge in [-0.15, -0.1) is 0 Å². The van der Waals surface area contributed by atoms with Gasteiger partial charge in [0.15, 0.2) is 0 Å². The van der Waals surface area contributed by atoms with Gasteiger partial charge in [0.05, 0.1) is 0 Å².